The lowest BCUT2D eigenvalue weighted by Gasteiger charge is -2.14. The zero-order valence-corrected chi connectivity index (χ0v) is 15.3. The van der Waals surface area contributed by atoms with E-state index >= 15 is 0 Å². The van der Waals surface area contributed by atoms with Gasteiger partial charge in [-0.3, -0.25) is 14.9 Å². The fraction of sp³-hybridized carbons (Fsp3) is 0.400. The molecule has 0 bridgehead atoms. The Morgan fingerprint density at radius 2 is 1.71 bits per heavy atom. The fourth-order valence-electron chi connectivity index (χ4n) is 1.73. The maximum atomic E-state index is 12.0. The SMILES string of the molecule is COC(=O)NC(=O)[C@@H](C)OC(=O)Cc1cc(OC)c(OC)cc1Br. The Balaban J connectivity index is 2.74. The van der Waals surface area contributed by atoms with Crippen LogP contribution >= 0.6 is 15.9 Å². The average molecular weight is 404 g/mol. The summed E-state index contributed by atoms with van der Waals surface area (Å²) in [4.78, 5) is 34.5. The van der Waals surface area contributed by atoms with E-state index in [-0.39, 0.29) is 6.42 Å². The van der Waals surface area contributed by atoms with Gasteiger partial charge in [-0.15, -0.1) is 0 Å². The second kappa shape index (κ2) is 9.11. The van der Waals surface area contributed by atoms with Gasteiger partial charge in [-0.05, 0) is 24.6 Å². The number of ether oxygens (including phenoxy) is 4. The van der Waals surface area contributed by atoms with Crippen LogP contribution in [0.2, 0.25) is 0 Å². The highest BCUT2D eigenvalue weighted by molar-refractivity contribution is 9.10. The van der Waals surface area contributed by atoms with E-state index in [1.165, 1.54) is 21.1 Å². The van der Waals surface area contributed by atoms with E-state index in [4.69, 9.17) is 14.2 Å². The molecule has 0 saturated carbocycles. The van der Waals surface area contributed by atoms with Crippen molar-refractivity contribution in [1.82, 2.24) is 5.32 Å². The summed E-state index contributed by atoms with van der Waals surface area (Å²) in [7, 11) is 4.10. The molecule has 0 saturated heterocycles. The van der Waals surface area contributed by atoms with Crippen molar-refractivity contribution in [2.24, 2.45) is 0 Å². The maximum absolute atomic E-state index is 12.0. The zero-order valence-electron chi connectivity index (χ0n) is 13.7. The number of methoxy groups -OCH3 is 3. The van der Waals surface area contributed by atoms with E-state index in [0.29, 0.717) is 21.5 Å². The summed E-state index contributed by atoms with van der Waals surface area (Å²) in [6, 6.07) is 3.29. The van der Waals surface area contributed by atoms with Crippen LogP contribution in [0.25, 0.3) is 0 Å². The minimum absolute atomic E-state index is 0.100. The van der Waals surface area contributed by atoms with E-state index in [1.54, 1.807) is 12.1 Å². The fourth-order valence-corrected chi connectivity index (χ4v) is 2.20. The first-order valence-corrected chi connectivity index (χ1v) is 7.60. The summed E-state index contributed by atoms with van der Waals surface area (Å²) in [5.74, 6) is -0.454. The Morgan fingerprint density at radius 3 is 2.25 bits per heavy atom. The molecule has 0 aromatic heterocycles. The predicted molar refractivity (Wildman–Crippen MR) is 87.1 cm³/mol. The van der Waals surface area contributed by atoms with Crippen LogP contribution in [0.1, 0.15) is 12.5 Å². The van der Waals surface area contributed by atoms with Gasteiger partial charge in [0.2, 0.25) is 0 Å². The standard InChI is InChI=1S/C15H18BrNO7/c1-8(14(19)17-15(20)23-4)24-13(18)6-9-5-11(21-2)12(22-3)7-10(9)16/h5,7-8H,6H2,1-4H3,(H,17,19,20)/t8-/m1/s1. The molecular formula is C15H18BrNO7. The number of imide groups is 1. The van der Waals surface area contributed by atoms with Crippen molar-refractivity contribution in [3.63, 3.8) is 0 Å². The second-order valence-corrected chi connectivity index (χ2v) is 5.44. The van der Waals surface area contributed by atoms with Crippen molar-refractivity contribution >= 4 is 33.9 Å². The Labute approximate surface area is 147 Å². The Kier molecular flexibility index (Phi) is 7.50. The van der Waals surface area contributed by atoms with Crippen LogP contribution in [0.4, 0.5) is 4.79 Å². The molecular weight excluding hydrogens is 386 g/mol. The number of carbonyl (C=O) groups excluding carboxylic acids is 3. The van der Waals surface area contributed by atoms with Crippen LogP contribution in [-0.2, 0) is 25.5 Å². The number of amides is 2. The molecule has 8 nitrogen and oxygen atoms in total. The molecule has 1 aromatic carbocycles. The van der Waals surface area contributed by atoms with Crippen molar-refractivity contribution in [2.45, 2.75) is 19.4 Å². The topological polar surface area (TPSA) is 100 Å². The molecule has 0 heterocycles. The lowest BCUT2D eigenvalue weighted by molar-refractivity contribution is -0.153. The summed E-state index contributed by atoms with van der Waals surface area (Å²) in [5, 5.41) is 1.92. The van der Waals surface area contributed by atoms with E-state index in [9.17, 15) is 14.4 Å². The Morgan fingerprint density at radius 1 is 1.12 bits per heavy atom. The quantitative estimate of drug-likeness (QED) is 0.722. The van der Waals surface area contributed by atoms with Gasteiger partial charge >= 0.3 is 12.1 Å². The highest BCUT2D eigenvalue weighted by atomic mass is 79.9. The highest BCUT2D eigenvalue weighted by Crippen LogP contribution is 2.33. The molecule has 1 aromatic rings. The lowest BCUT2D eigenvalue weighted by atomic mass is 10.1. The van der Waals surface area contributed by atoms with Crippen molar-refractivity contribution in [3.8, 4) is 11.5 Å². The van der Waals surface area contributed by atoms with Crippen LogP contribution < -0.4 is 14.8 Å². The van der Waals surface area contributed by atoms with E-state index in [1.807, 2.05) is 5.32 Å². The molecule has 0 aliphatic heterocycles. The van der Waals surface area contributed by atoms with Gasteiger partial charge in [-0.2, -0.15) is 0 Å². The first-order chi connectivity index (χ1) is 11.3. The molecule has 24 heavy (non-hydrogen) atoms. The van der Waals surface area contributed by atoms with Gasteiger partial charge < -0.3 is 18.9 Å². The highest BCUT2D eigenvalue weighted by Gasteiger charge is 2.21. The minimum atomic E-state index is -1.14. The molecule has 0 unspecified atom stereocenters. The van der Waals surface area contributed by atoms with E-state index in [2.05, 4.69) is 20.7 Å². The van der Waals surface area contributed by atoms with Crippen LogP contribution in [0, 0.1) is 0 Å². The van der Waals surface area contributed by atoms with Gasteiger partial charge in [0.15, 0.2) is 17.6 Å². The summed E-state index contributed by atoms with van der Waals surface area (Å²) in [6.07, 6.45) is -2.17. The number of alkyl carbamates (subject to hydrolysis) is 1. The molecule has 0 fully saturated rings. The molecule has 0 aliphatic carbocycles. The number of hydrogen-bond donors (Lipinski definition) is 1. The first-order valence-electron chi connectivity index (χ1n) is 6.81. The van der Waals surface area contributed by atoms with Gasteiger partial charge in [-0.25, -0.2) is 4.79 Å². The van der Waals surface area contributed by atoms with Crippen LogP contribution in [0.15, 0.2) is 16.6 Å². The summed E-state index contributed by atoms with van der Waals surface area (Å²) in [5.41, 5.74) is 0.596. The van der Waals surface area contributed by atoms with E-state index in [0.717, 1.165) is 7.11 Å². The molecule has 1 atom stereocenters. The van der Waals surface area contributed by atoms with Gasteiger partial charge in [0.25, 0.3) is 5.91 Å². The monoisotopic (exact) mass is 403 g/mol. The van der Waals surface area contributed by atoms with Crippen molar-refractivity contribution in [1.29, 1.82) is 0 Å². The van der Waals surface area contributed by atoms with Crippen LogP contribution in [0.5, 0.6) is 11.5 Å². The minimum Gasteiger partial charge on any atom is -0.493 e. The number of halogens is 1. The maximum Gasteiger partial charge on any atom is 0.413 e. The number of carbonyl (C=O) groups is 3. The molecule has 0 aliphatic rings. The van der Waals surface area contributed by atoms with Crippen molar-refractivity contribution in [2.75, 3.05) is 21.3 Å². The zero-order chi connectivity index (χ0) is 18.3. The second-order valence-electron chi connectivity index (χ2n) is 4.59. The van der Waals surface area contributed by atoms with Gasteiger partial charge in [-0.1, -0.05) is 15.9 Å². The number of nitrogens with one attached hydrogen (secondary N) is 1. The van der Waals surface area contributed by atoms with Crippen molar-refractivity contribution in [3.05, 3.63) is 22.2 Å². The van der Waals surface area contributed by atoms with Crippen LogP contribution in [-0.4, -0.2) is 45.4 Å². The molecule has 9 heteroatoms. The normalized spacial score (nSPS) is 11.2. The molecule has 1 rings (SSSR count). The summed E-state index contributed by atoms with van der Waals surface area (Å²) >= 11 is 3.33. The van der Waals surface area contributed by atoms with E-state index < -0.39 is 24.1 Å². The Bertz CT molecular complexity index is 632. The van der Waals surface area contributed by atoms with Gasteiger partial charge in [0.1, 0.15) is 0 Å². The smallest absolute Gasteiger partial charge is 0.413 e. The summed E-state index contributed by atoms with van der Waals surface area (Å²) in [6.45, 7) is 1.35. The number of rotatable bonds is 6. The van der Waals surface area contributed by atoms with Gasteiger partial charge in [0, 0.05) is 4.47 Å². The third kappa shape index (κ3) is 5.41. The molecule has 1 N–H and O–H groups in total. The molecule has 2 amide bonds. The molecule has 0 radical (unpaired) electrons. The number of benzene rings is 1. The first kappa shape index (κ1) is 19.8. The lowest BCUT2D eigenvalue weighted by Crippen LogP contribution is -2.39. The molecule has 132 valence electrons. The number of esters is 1. The summed E-state index contributed by atoms with van der Waals surface area (Å²) < 4.78 is 20.2. The third-order valence-corrected chi connectivity index (χ3v) is 3.71. The largest absolute Gasteiger partial charge is 0.493 e. The number of hydrogen-bond acceptors (Lipinski definition) is 7. The van der Waals surface area contributed by atoms with Gasteiger partial charge in [0.05, 0.1) is 27.8 Å². The predicted octanol–water partition coefficient (Wildman–Crippen LogP) is 1.82. The molecule has 0 spiro atoms. The average Bonchev–Trinajstić information content (AvgIpc) is 2.55. The van der Waals surface area contributed by atoms with Crippen molar-refractivity contribution < 1.29 is 33.3 Å². The third-order valence-electron chi connectivity index (χ3n) is 2.98. The van der Waals surface area contributed by atoms with Crippen LogP contribution in [0.3, 0.4) is 0 Å². The Hall–Kier alpha value is -2.29.